The number of hydrogen-bond donors (Lipinski definition) is 0. The second kappa shape index (κ2) is 6.60. The summed E-state index contributed by atoms with van der Waals surface area (Å²) in [4.78, 5) is 10.1. The van der Waals surface area contributed by atoms with Crippen molar-refractivity contribution in [2.45, 2.75) is 13.3 Å². The number of aromatic nitrogens is 6. The third kappa shape index (κ3) is 3.14. The van der Waals surface area contributed by atoms with Gasteiger partial charge in [0.2, 0.25) is 5.82 Å². The van der Waals surface area contributed by atoms with Crippen LogP contribution in [0.15, 0.2) is 67.1 Å². The first-order chi connectivity index (χ1) is 12.3. The van der Waals surface area contributed by atoms with Crippen LogP contribution in [-0.2, 0) is 6.42 Å². The van der Waals surface area contributed by atoms with Gasteiger partial charge in [-0.2, -0.15) is 0 Å². The lowest BCUT2D eigenvalue weighted by molar-refractivity contribution is 0.717. The van der Waals surface area contributed by atoms with Gasteiger partial charge in [-0.15, -0.1) is 15.0 Å². The molecule has 6 heteroatoms. The molecule has 1 aromatic carbocycles. The first-order valence-corrected chi connectivity index (χ1v) is 8.09. The van der Waals surface area contributed by atoms with E-state index in [9.17, 15) is 0 Å². The molecular formula is C19H16N6. The van der Waals surface area contributed by atoms with Crippen molar-refractivity contribution in [1.82, 2.24) is 30.2 Å². The fourth-order valence-electron chi connectivity index (χ4n) is 2.59. The topological polar surface area (TPSA) is 69.4 Å². The molecule has 0 bridgehead atoms. The Balaban J connectivity index is 1.69. The quantitative estimate of drug-likeness (QED) is 0.574. The predicted molar refractivity (Wildman–Crippen MR) is 95.0 cm³/mol. The number of hydrogen-bond acceptors (Lipinski definition) is 5. The Morgan fingerprint density at radius 1 is 0.960 bits per heavy atom. The number of tetrazole rings is 1. The normalized spacial score (nSPS) is 10.8. The summed E-state index contributed by atoms with van der Waals surface area (Å²) in [5.41, 5.74) is 4.88. The second-order valence-corrected chi connectivity index (χ2v) is 5.60. The van der Waals surface area contributed by atoms with Crippen molar-refractivity contribution in [2.24, 2.45) is 0 Å². The fourth-order valence-corrected chi connectivity index (χ4v) is 2.59. The zero-order valence-corrected chi connectivity index (χ0v) is 13.7. The minimum absolute atomic E-state index is 0.485. The van der Waals surface area contributed by atoms with Gasteiger partial charge in [0.1, 0.15) is 11.4 Å². The molecule has 0 radical (unpaired) electrons. The largest absolute Gasteiger partial charge is 0.262 e. The van der Waals surface area contributed by atoms with Crippen LogP contribution >= 0.6 is 0 Å². The molecule has 4 rings (SSSR count). The van der Waals surface area contributed by atoms with Gasteiger partial charge in [0.05, 0.1) is 6.20 Å². The van der Waals surface area contributed by atoms with Crippen LogP contribution in [0.25, 0.3) is 28.3 Å². The predicted octanol–water partition coefficient (Wildman–Crippen LogP) is 3.35. The maximum absolute atomic E-state index is 4.41. The summed E-state index contributed by atoms with van der Waals surface area (Å²) < 4.78 is 0. The first-order valence-electron chi connectivity index (χ1n) is 8.09. The van der Waals surface area contributed by atoms with Gasteiger partial charge in [-0.25, -0.2) is 0 Å². The Bertz CT molecular complexity index is 993. The van der Waals surface area contributed by atoms with Gasteiger partial charge >= 0.3 is 0 Å². The molecule has 0 unspecified atom stereocenters. The van der Waals surface area contributed by atoms with Crippen LogP contribution in [0.3, 0.4) is 0 Å². The molecule has 0 N–H and O–H groups in total. The van der Waals surface area contributed by atoms with Crippen LogP contribution in [0.1, 0.15) is 12.5 Å². The minimum Gasteiger partial charge on any atom is -0.262 e. The van der Waals surface area contributed by atoms with E-state index >= 15 is 0 Å². The minimum atomic E-state index is 0.485. The van der Waals surface area contributed by atoms with Gasteiger partial charge in [-0.3, -0.25) is 9.97 Å². The van der Waals surface area contributed by atoms with Crippen molar-refractivity contribution in [1.29, 1.82) is 0 Å². The lowest BCUT2D eigenvalue weighted by atomic mass is 10.0. The van der Waals surface area contributed by atoms with Crippen LogP contribution in [0.2, 0.25) is 0 Å². The van der Waals surface area contributed by atoms with E-state index in [1.165, 1.54) is 10.4 Å². The Kier molecular flexibility index (Phi) is 4.00. The molecule has 0 aliphatic heterocycles. The van der Waals surface area contributed by atoms with Gasteiger partial charge < -0.3 is 0 Å². The molecular weight excluding hydrogens is 312 g/mol. The van der Waals surface area contributed by atoms with Crippen LogP contribution in [0.4, 0.5) is 0 Å². The highest BCUT2D eigenvalue weighted by Crippen LogP contribution is 2.22. The van der Waals surface area contributed by atoms with Crippen molar-refractivity contribution in [3.63, 3.8) is 0 Å². The van der Waals surface area contributed by atoms with Crippen LogP contribution < -0.4 is 0 Å². The average molecular weight is 328 g/mol. The molecule has 3 aromatic heterocycles. The zero-order chi connectivity index (χ0) is 17.1. The molecule has 0 saturated heterocycles. The molecule has 0 saturated carbocycles. The van der Waals surface area contributed by atoms with Crippen molar-refractivity contribution < 1.29 is 0 Å². The summed E-state index contributed by atoms with van der Waals surface area (Å²) in [7, 11) is 0. The van der Waals surface area contributed by atoms with E-state index < -0.39 is 0 Å². The van der Waals surface area contributed by atoms with Gasteiger partial charge in [0.15, 0.2) is 0 Å². The van der Waals surface area contributed by atoms with E-state index in [1.54, 1.807) is 12.4 Å². The summed E-state index contributed by atoms with van der Waals surface area (Å²) >= 11 is 0. The number of pyridine rings is 2. The highest BCUT2D eigenvalue weighted by molar-refractivity contribution is 5.65. The molecule has 0 spiro atoms. The standard InChI is InChI=1S/C19H16N6/c1-2-14-6-5-7-15(10-14)16-11-17(13-20-12-16)25-23-19(22-24-25)18-8-3-4-9-21-18/h3-13H,2H2,1H3. The van der Waals surface area contributed by atoms with E-state index in [2.05, 4.69) is 56.6 Å². The van der Waals surface area contributed by atoms with Gasteiger partial charge in [0, 0.05) is 18.0 Å². The number of aryl methyl sites for hydroxylation is 1. The maximum atomic E-state index is 4.41. The van der Waals surface area contributed by atoms with Gasteiger partial charge in [-0.05, 0) is 41.0 Å². The van der Waals surface area contributed by atoms with Crippen molar-refractivity contribution in [3.05, 3.63) is 72.7 Å². The van der Waals surface area contributed by atoms with E-state index in [0.29, 0.717) is 11.5 Å². The number of nitrogens with zero attached hydrogens (tertiary/aromatic N) is 6. The van der Waals surface area contributed by atoms with Gasteiger partial charge in [-0.1, -0.05) is 37.3 Å². The Morgan fingerprint density at radius 2 is 1.92 bits per heavy atom. The fraction of sp³-hybridized carbons (Fsp3) is 0.105. The molecule has 0 aliphatic carbocycles. The Labute approximate surface area is 145 Å². The zero-order valence-electron chi connectivity index (χ0n) is 13.7. The molecule has 4 aromatic rings. The highest BCUT2D eigenvalue weighted by atomic mass is 15.6. The summed E-state index contributed by atoms with van der Waals surface area (Å²) in [5, 5.41) is 12.6. The monoisotopic (exact) mass is 328 g/mol. The number of benzene rings is 1. The Morgan fingerprint density at radius 3 is 2.76 bits per heavy atom. The highest BCUT2D eigenvalue weighted by Gasteiger charge is 2.09. The van der Waals surface area contributed by atoms with Gasteiger partial charge in [0.25, 0.3) is 0 Å². The van der Waals surface area contributed by atoms with Crippen molar-refractivity contribution in [3.8, 4) is 28.3 Å². The molecule has 0 amide bonds. The van der Waals surface area contributed by atoms with Crippen molar-refractivity contribution in [2.75, 3.05) is 0 Å². The summed E-state index contributed by atoms with van der Waals surface area (Å²) in [6.45, 7) is 2.15. The van der Waals surface area contributed by atoms with Crippen molar-refractivity contribution >= 4 is 0 Å². The smallest absolute Gasteiger partial charge is 0.223 e. The SMILES string of the molecule is CCc1cccc(-c2cncc(-n3nnc(-c4ccccn4)n3)c2)c1. The van der Waals surface area contributed by atoms with E-state index in [0.717, 1.165) is 23.2 Å². The van der Waals surface area contributed by atoms with E-state index in [1.807, 2.05) is 30.5 Å². The van der Waals surface area contributed by atoms with E-state index in [4.69, 9.17) is 0 Å². The maximum Gasteiger partial charge on any atom is 0.223 e. The summed E-state index contributed by atoms with van der Waals surface area (Å²) in [6, 6.07) is 16.0. The molecule has 25 heavy (non-hydrogen) atoms. The molecule has 0 aliphatic rings. The molecule has 6 nitrogen and oxygen atoms in total. The second-order valence-electron chi connectivity index (χ2n) is 5.60. The van der Waals surface area contributed by atoms with E-state index in [-0.39, 0.29) is 0 Å². The van der Waals surface area contributed by atoms with Crippen LogP contribution in [-0.4, -0.2) is 30.2 Å². The molecule has 122 valence electrons. The molecule has 0 fully saturated rings. The molecule has 3 heterocycles. The summed E-state index contributed by atoms with van der Waals surface area (Å²) in [6.07, 6.45) is 6.27. The molecule has 0 atom stereocenters. The van der Waals surface area contributed by atoms with Crippen LogP contribution in [0, 0.1) is 0 Å². The lowest BCUT2D eigenvalue weighted by Gasteiger charge is -2.05. The average Bonchev–Trinajstić information content (AvgIpc) is 3.19. The van der Waals surface area contributed by atoms with Crippen LogP contribution in [0.5, 0.6) is 0 Å². The lowest BCUT2D eigenvalue weighted by Crippen LogP contribution is -2.00. The number of rotatable bonds is 4. The third-order valence-electron chi connectivity index (χ3n) is 3.93. The Hall–Kier alpha value is -3.41. The summed E-state index contributed by atoms with van der Waals surface area (Å²) in [5.74, 6) is 0.485. The third-order valence-corrected chi connectivity index (χ3v) is 3.93. The first kappa shape index (κ1) is 15.1.